The van der Waals surface area contributed by atoms with E-state index in [0.29, 0.717) is 22.6 Å². The fourth-order valence-corrected chi connectivity index (χ4v) is 3.16. The number of hydrogen-bond donors (Lipinski definition) is 2. The van der Waals surface area contributed by atoms with Crippen LogP contribution in [0.15, 0.2) is 29.4 Å². The van der Waals surface area contributed by atoms with E-state index >= 15 is 0 Å². The van der Waals surface area contributed by atoms with Gasteiger partial charge in [-0.3, -0.25) is 4.79 Å². The van der Waals surface area contributed by atoms with Gasteiger partial charge in [0.25, 0.3) is 0 Å². The smallest absolute Gasteiger partial charge is 0.230 e. The van der Waals surface area contributed by atoms with Gasteiger partial charge < -0.3 is 15.9 Å². The summed E-state index contributed by atoms with van der Waals surface area (Å²) in [5, 5.41) is 11.7. The maximum Gasteiger partial charge on any atom is 0.230 e. The molecule has 0 radical (unpaired) electrons. The Labute approximate surface area is 158 Å². The average molecular weight is 378 g/mol. The number of nitrogens with one attached hydrogen (secondary N) is 1. The van der Waals surface area contributed by atoms with E-state index in [2.05, 4.69) is 29.4 Å². The largest absolute Gasteiger partial charge is 0.496 e. The van der Waals surface area contributed by atoms with Gasteiger partial charge in [-0.25, -0.2) is 4.68 Å². The molecule has 0 aliphatic carbocycles. The van der Waals surface area contributed by atoms with E-state index in [4.69, 9.17) is 10.6 Å². The van der Waals surface area contributed by atoms with Crippen molar-refractivity contribution in [1.82, 2.24) is 20.2 Å². The molecule has 0 aliphatic heterocycles. The minimum Gasteiger partial charge on any atom is -0.496 e. The average Bonchev–Trinajstić information content (AvgIpc) is 2.98. The van der Waals surface area contributed by atoms with Gasteiger partial charge >= 0.3 is 0 Å². The van der Waals surface area contributed by atoms with Crippen LogP contribution < -0.4 is 15.9 Å². The minimum atomic E-state index is -0.0342. The third-order valence-corrected chi connectivity index (χ3v) is 4.87. The third kappa shape index (κ3) is 5.39. The summed E-state index contributed by atoms with van der Waals surface area (Å²) in [6.07, 6.45) is 2.06. The number of aromatic nitrogens is 3. The second kappa shape index (κ2) is 9.47. The summed E-state index contributed by atoms with van der Waals surface area (Å²) in [4.78, 5) is 12.1. The molecule has 1 amide bonds. The molecule has 3 N–H and O–H groups in total. The summed E-state index contributed by atoms with van der Waals surface area (Å²) in [5.41, 5.74) is 0.753. The van der Waals surface area contributed by atoms with Gasteiger partial charge in [0.15, 0.2) is 5.82 Å². The van der Waals surface area contributed by atoms with Crippen LogP contribution in [0.5, 0.6) is 5.75 Å². The quantitative estimate of drug-likeness (QED) is 0.515. The lowest BCUT2D eigenvalue weighted by Crippen LogP contribution is -2.34. The fourth-order valence-electron chi connectivity index (χ4n) is 2.49. The van der Waals surface area contributed by atoms with Gasteiger partial charge in [-0.15, -0.1) is 10.2 Å². The molecule has 7 nitrogen and oxygen atoms in total. The topological polar surface area (TPSA) is 95.1 Å². The third-order valence-electron chi connectivity index (χ3n) is 3.93. The van der Waals surface area contributed by atoms with E-state index in [-0.39, 0.29) is 17.7 Å². The molecule has 2 aromatic rings. The van der Waals surface area contributed by atoms with Crippen molar-refractivity contribution in [2.75, 3.05) is 18.7 Å². The Morgan fingerprint density at radius 1 is 1.27 bits per heavy atom. The molecule has 0 bridgehead atoms. The lowest BCUT2D eigenvalue weighted by molar-refractivity contribution is -0.119. The fraction of sp³-hybridized carbons (Fsp3) is 0.500. The van der Waals surface area contributed by atoms with Gasteiger partial charge in [0.2, 0.25) is 11.1 Å². The number of amides is 1. The van der Waals surface area contributed by atoms with Crippen LogP contribution in [0.2, 0.25) is 0 Å². The lowest BCUT2D eigenvalue weighted by atomic mass is 10.0. The van der Waals surface area contributed by atoms with Gasteiger partial charge in [0.05, 0.1) is 18.4 Å². The van der Waals surface area contributed by atoms with Crippen molar-refractivity contribution in [2.24, 2.45) is 5.92 Å². The van der Waals surface area contributed by atoms with Gasteiger partial charge in [0.1, 0.15) is 5.75 Å². The van der Waals surface area contributed by atoms with Crippen molar-refractivity contribution in [3.8, 4) is 17.1 Å². The Hall–Kier alpha value is -2.22. The van der Waals surface area contributed by atoms with Crippen LogP contribution in [0.3, 0.4) is 0 Å². The maximum atomic E-state index is 12.1. The highest BCUT2D eigenvalue weighted by atomic mass is 32.2. The van der Waals surface area contributed by atoms with Crippen LogP contribution in [0.4, 0.5) is 0 Å². The molecular weight excluding hydrogens is 350 g/mol. The van der Waals surface area contributed by atoms with Crippen LogP contribution in [0.1, 0.15) is 33.6 Å². The number of nitrogens with two attached hydrogens (primary N) is 1. The molecule has 0 fully saturated rings. The number of nitrogens with zero attached hydrogens (tertiary/aromatic N) is 3. The van der Waals surface area contributed by atoms with Crippen LogP contribution >= 0.6 is 11.8 Å². The van der Waals surface area contributed by atoms with E-state index in [9.17, 15) is 4.79 Å². The van der Waals surface area contributed by atoms with E-state index < -0.39 is 0 Å². The maximum absolute atomic E-state index is 12.1. The van der Waals surface area contributed by atoms with Crippen molar-refractivity contribution in [3.05, 3.63) is 24.3 Å². The summed E-state index contributed by atoms with van der Waals surface area (Å²) in [6, 6.07) is 7.61. The number of ether oxygens (including phenoxy) is 1. The standard InChI is InChI=1S/C18H27N5O2S/c1-12(2)9-10-13(3)20-16(24)11-26-18-22-21-17(23(18)19)14-7-5-6-8-15(14)25-4/h5-8,12-13H,9-11,19H2,1-4H3,(H,20,24)/t13-/m0/s1. The normalized spacial score (nSPS) is 12.2. The van der Waals surface area contributed by atoms with Crippen LogP contribution in [0, 0.1) is 5.92 Å². The molecule has 1 aromatic heterocycles. The number of rotatable bonds is 9. The number of para-hydroxylation sites is 1. The molecule has 8 heteroatoms. The Balaban J connectivity index is 1.95. The molecule has 26 heavy (non-hydrogen) atoms. The van der Waals surface area contributed by atoms with Crippen molar-refractivity contribution in [2.45, 2.75) is 44.8 Å². The van der Waals surface area contributed by atoms with E-state index in [1.165, 1.54) is 16.4 Å². The second-order valence-corrected chi connectivity index (χ2v) is 7.55. The first-order chi connectivity index (χ1) is 12.4. The predicted octanol–water partition coefficient (Wildman–Crippen LogP) is 2.70. The summed E-state index contributed by atoms with van der Waals surface area (Å²) in [5.74, 6) is 8.11. The Morgan fingerprint density at radius 3 is 2.69 bits per heavy atom. The monoisotopic (exact) mass is 377 g/mol. The van der Waals surface area contributed by atoms with Crippen molar-refractivity contribution < 1.29 is 9.53 Å². The summed E-state index contributed by atoms with van der Waals surface area (Å²) in [7, 11) is 1.59. The molecule has 1 atom stereocenters. The van der Waals surface area contributed by atoms with Gasteiger partial charge in [-0.2, -0.15) is 0 Å². The molecule has 0 unspecified atom stereocenters. The Kier molecular flexibility index (Phi) is 7.32. The zero-order valence-electron chi connectivity index (χ0n) is 15.7. The zero-order valence-corrected chi connectivity index (χ0v) is 16.5. The summed E-state index contributed by atoms with van der Waals surface area (Å²) >= 11 is 1.26. The summed E-state index contributed by atoms with van der Waals surface area (Å²) < 4.78 is 6.72. The van der Waals surface area contributed by atoms with E-state index in [1.54, 1.807) is 7.11 Å². The Bertz CT molecular complexity index is 732. The first kappa shape index (κ1) is 20.1. The van der Waals surface area contributed by atoms with E-state index in [1.807, 2.05) is 31.2 Å². The van der Waals surface area contributed by atoms with E-state index in [0.717, 1.165) is 18.4 Å². The Morgan fingerprint density at radius 2 is 2.00 bits per heavy atom. The number of carbonyl (C=O) groups is 1. The SMILES string of the molecule is COc1ccccc1-c1nnc(SCC(=O)N[C@@H](C)CCC(C)C)n1N. The number of thioether (sulfide) groups is 1. The number of methoxy groups -OCH3 is 1. The van der Waals surface area contributed by atoms with Crippen molar-refractivity contribution >= 4 is 17.7 Å². The zero-order chi connectivity index (χ0) is 19.1. The highest BCUT2D eigenvalue weighted by Gasteiger charge is 2.17. The molecule has 2 rings (SSSR count). The number of hydrogen-bond acceptors (Lipinski definition) is 6. The highest BCUT2D eigenvalue weighted by Crippen LogP contribution is 2.29. The molecular formula is C18H27N5O2S. The first-order valence-corrected chi connectivity index (χ1v) is 9.67. The second-order valence-electron chi connectivity index (χ2n) is 6.60. The predicted molar refractivity (Wildman–Crippen MR) is 105 cm³/mol. The molecule has 0 saturated carbocycles. The number of benzene rings is 1. The van der Waals surface area contributed by atoms with Gasteiger partial charge in [-0.05, 0) is 37.8 Å². The van der Waals surface area contributed by atoms with Crippen molar-refractivity contribution in [3.63, 3.8) is 0 Å². The molecule has 1 heterocycles. The molecule has 142 valence electrons. The van der Waals surface area contributed by atoms with Gasteiger partial charge in [-0.1, -0.05) is 37.7 Å². The molecule has 0 spiro atoms. The highest BCUT2D eigenvalue weighted by molar-refractivity contribution is 7.99. The number of nitrogen functional groups attached to an aromatic ring is 1. The first-order valence-electron chi connectivity index (χ1n) is 8.68. The van der Waals surface area contributed by atoms with Crippen molar-refractivity contribution in [1.29, 1.82) is 0 Å². The van der Waals surface area contributed by atoms with Gasteiger partial charge in [0, 0.05) is 6.04 Å². The molecule has 1 aromatic carbocycles. The van der Waals surface area contributed by atoms with Crippen LogP contribution in [0.25, 0.3) is 11.4 Å². The number of carbonyl (C=O) groups excluding carboxylic acids is 1. The van der Waals surface area contributed by atoms with Crippen LogP contribution in [-0.4, -0.2) is 39.7 Å². The molecule has 0 aliphatic rings. The molecule has 0 saturated heterocycles. The minimum absolute atomic E-state index is 0.0342. The lowest BCUT2D eigenvalue weighted by Gasteiger charge is -2.14. The summed E-state index contributed by atoms with van der Waals surface area (Å²) in [6.45, 7) is 6.38. The van der Waals surface area contributed by atoms with Crippen LogP contribution in [-0.2, 0) is 4.79 Å².